The minimum absolute atomic E-state index is 0.843. The molecule has 0 aromatic heterocycles. The molecule has 2 unspecified atom stereocenters. The highest BCUT2D eigenvalue weighted by atomic mass is 32.2. The zero-order chi connectivity index (χ0) is 11.9. The molecule has 1 N–H and O–H groups in total. The average Bonchev–Trinajstić information content (AvgIpc) is 2.38. The van der Waals surface area contributed by atoms with Gasteiger partial charge in [-0.1, -0.05) is 12.8 Å². The molecule has 2 fully saturated rings. The van der Waals surface area contributed by atoms with Gasteiger partial charge in [-0.2, -0.15) is 11.8 Å². The van der Waals surface area contributed by atoms with Crippen LogP contribution in [0.4, 0.5) is 0 Å². The third-order valence-corrected chi connectivity index (χ3v) is 5.62. The van der Waals surface area contributed by atoms with E-state index in [-0.39, 0.29) is 0 Å². The van der Waals surface area contributed by atoms with Gasteiger partial charge in [0.2, 0.25) is 0 Å². The summed E-state index contributed by atoms with van der Waals surface area (Å²) in [6, 6.07) is 0.843. The number of likely N-dealkylation sites (tertiary alicyclic amines) is 1. The summed E-state index contributed by atoms with van der Waals surface area (Å²) in [6.07, 6.45) is 9.91. The summed E-state index contributed by atoms with van der Waals surface area (Å²) in [5, 5.41) is 4.57. The molecule has 0 amide bonds. The van der Waals surface area contributed by atoms with Gasteiger partial charge in [0.05, 0.1) is 0 Å². The monoisotopic (exact) mass is 256 g/mol. The molecule has 100 valence electrons. The second-order valence-corrected chi connectivity index (χ2v) is 7.02. The molecule has 0 aromatic rings. The lowest BCUT2D eigenvalue weighted by atomic mass is 10.0. The van der Waals surface area contributed by atoms with Crippen molar-refractivity contribution in [2.24, 2.45) is 0 Å². The van der Waals surface area contributed by atoms with E-state index in [2.05, 4.69) is 29.0 Å². The van der Waals surface area contributed by atoms with Crippen LogP contribution >= 0.6 is 11.8 Å². The predicted octanol–water partition coefficient (Wildman–Crippen LogP) is 2.74. The van der Waals surface area contributed by atoms with Gasteiger partial charge in [-0.25, -0.2) is 0 Å². The molecule has 2 nitrogen and oxygen atoms in total. The molecule has 0 bridgehead atoms. The highest BCUT2D eigenvalue weighted by Crippen LogP contribution is 2.24. The van der Waals surface area contributed by atoms with E-state index in [1.807, 2.05) is 0 Å². The molecule has 0 spiro atoms. The molecule has 2 atom stereocenters. The number of nitrogens with zero attached hydrogens (tertiary/aromatic N) is 1. The lowest BCUT2D eigenvalue weighted by molar-refractivity contribution is 0.175. The predicted molar refractivity (Wildman–Crippen MR) is 77.9 cm³/mol. The summed E-state index contributed by atoms with van der Waals surface area (Å²) in [5.41, 5.74) is 0. The van der Waals surface area contributed by atoms with Gasteiger partial charge in [0.15, 0.2) is 0 Å². The minimum Gasteiger partial charge on any atom is -0.316 e. The first-order valence-electron chi connectivity index (χ1n) is 7.39. The van der Waals surface area contributed by atoms with Crippen LogP contribution in [0.5, 0.6) is 0 Å². The zero-order valence-electron chi connectivity index (χ0n) is 11.3. The van der Waals surface area contributed by atoms with Gasteiger partial charge < -0.3 is 10.2 Å². The maximum atomic E-state index is 3.68. The number of nitrogens with one attached hydrogen (secondary N) is 1. The number of rotatable bonds is 5. The van der Waals surface area contributed by atoms with Crippen molar-refractivity contribution in [1.82, 2.24) is 10.2 Å². The first kappa shape index (κ1) is 13.7. The summed E-state index contributed by atoms with van der Waals surface area (Å²) in [6.45, 7) is 3.76. The summed E-state index contributed by atoms with van der Waals surface area (Å²) >= 11 is 2.18. The fraction of sp³-hybridized carbons (Fsp3) is 1.00. The van der Waals surface area contributed by atoms with Gasteiger partial charge in [0, 0.05) is 17.8 Å². The Morgan fingerprint density at radius 2 is 2.06 bits per heavy atom. The fourth-order valence-corrected chi connectivity index (χ4v) is 4.28. The molecule has 0 saturated carbocycles. The van der Waals surface area contributed by atoms with Gasteiger partial charge in [0.1, 0.15) is 0 Å². The van der Waals surface area contributed by atoms with Crippen LogP contribution in [0.1, 0.15) is 44.9 Å². The average molecular weight is 256 g/mol. The molecule has 2 aliphatic heterocycles. The van der Waals surface area contributed by atoms with E-state index in [4.69, 9.17) is 0 Å². The molecule has 2 aliphatic rings. The smallest absolute Gasteiger partial charge is 0.0172 e. The van der Waals surface area contributed by atoms with Crippen LogP contribution in [0.2, 0.25) is 0 Å². The number of hydrogen-bond donors (Lipinski definition) is 1. The Labute approximate surface area is 111 Å². The van der Waals surface area contributed by atoms with Crippen molar-refractivity contribution in [3.63, 3.8) is 0 Å². The molecule has 3 heteroatoms. The van der Waals surface area contributed by atoms with Crippen molar-refractivity contribution in [3.8, 4) is 0 Å². The highest BCUT2D eigenvalue weighted by molar-refractivity contribution is 7.99. The summed E-state index contributed by atoms with van der Waals surface area (Å²) in [5.74, 6) is 1.39. The van der Waals surface area contributed by atoms with Crippen molar-refractivity contribution < 1.29 is 0 Å². The van der Waals surface area contributed by atoms with Crippen LogP contribution in [0, 0.1) is 0 Å². The van der Waals surface area contributed by atoms with E-state index in [1.54, 1.807) is 0 Å². The lowest BCUT2D eigenvalue weighted by Gasteiger charge is -2.32. The lowest BCUT2D eigenvalue weighted by Crippen LogP contribution is -2.39. The van der Waals surface area contributed by atoms with Gasteiger partial charge >= 0.3 is 0 Å². The van der Waals surface area contributed by atoms with E-state index < -0.39 is 0 Å². The van der Waals surface area contributed by atoms with Crippen LogP contribution in [0.25, 0.3) is 0 Å². The Hall–Kier alpha value is 0.270. The molecular weight excluding hydrogens is 228 g/mol. The second-order valence-electron chi connectivity index (χ2n) is 5.61. The number of piperidine rings is 1. The fourth-order valence-electron chi connectivity index (χ4n) is 3.01. The Balaban J connectivity index is 1.53. The Morgan fingerprint density at radius 3 is 2.82 bits per heavy atom. The Bertz CT molecular complexity index is 204. The normalized spacial score (nSPS) is 31.6. The summed E-state index contributed by atoms with van der Waals surface area (Å²) < 4.78 is 0. The van der Waals surface area contributed by atoms with Gasteiger partial charge in [-0.3, -0.25) is 0 Å². The molecule has 2 rings (SSSR count). The summed E-state index contributed by atoms with van der Waals surface area (Å²) in [4.78, 5) is 2.56. The van der Waals surface area contributed by atoms with Crippen LogP contribution in [0.3, 0.4) is 0 Å². The maximum Gasteiger partial charge on any atom is 0.0172 e. The quantitative estimate of drug-likeness (QED) is 0.762. The van der Waals surface area contributed by atoms with E-state index in [1.165, 1.54) is 70.3 Å². The largest absolute Gasteiger partial charge is 0.316 e. The van der Waals surface area contributed by atoms with E-state index in [0.29, 0.717) is 0 Å². The molecule has 0 aliphatic carbocycles. The van der Waals surface area contributed by atoms with E-state index in [0.717, 1.165) is 11.3 Å². The molecule has 2 saturated heterocycles. The Kier molecular flexibility index (Phi) is 6.16. The SMILES string of the molecule is CN1CCCCC1CCNCC1CCCCS1. The van der Waals surface area contributed by atoms with Crippen molar-refractivity contribution in [3.05, 3.63) is 0 Å². The van der Waals surface area contributed by atoms with Gasteiger partial charge in [-0.15, -0.1) is 0 Å². The molecule has 2 heterocycles. The number of hydrogen-bond acceptors (Lipinski definition) is 3. The van der Waals surface area contributed by atoms with E-state index in [9.17, 15) is 0 Å². The van der Waals surface area contributed by atoms with Crippen LogP contribution in [0.15, 0.2) is 0 Å². The molecule has 0 aromatic carbocycles. The number of thioether (sulfide) groups is 1. The van der Waals surface area contributed by atoms with Crippen LogP contribution in [-0.2, 0) is 0 Å². The van der Waals surface area contributed by atoms with Crippen molar-refractivity contribution in [1.29, 1.82) is 0 Å². The first-order chi connectivity index (χ1) is 8.36. The minimum atomic E-state index is 0.843. The molecular formula is C14H28N2S. The Morgan fingerprint density at radius 1 is 1.18 bits per heavy atom. The second kappa shape index (κ2) is 7.65. The third kappa shape index (κ3) is 4.80. The van der Waals surface area contributed by atoms with Crippen molar-refractivity contribution >= 4 is 11.8 Å². The van der Waals surface area contributed by atoms with Crippen LogP contribution < -0.4 is 5.32 Å². The van der Waals surface area contributed by atoms with Gasteiger partial charge in [0.25, 0.3) is 0 Å². The van der Waals surface area contributed by atoms with Gasteiger partial charge in [-0.05, 0) is 58.0 Å². The topological polar surface area (TPSA) is 15.3 Å². The van der Waals surface area contributed by atoms with Crippen LogP contribution in [-0.4, -0.2) is 48.6 Å². The third-order valence-electron chi connectivity index (χ3n) is 4.22. The zero-order valence-corrected chi connectivity index (χ0v) is 12.1. The molecule has 0 radical (unpaired) electrons. The van der Waals surface area contributed by atoms with Crippen molar-refractivity contribution in [2.75, 3.05) is 32.4 Å². The maximum absolute atomic E-state index is 3.68. The van der Waals surface area contributed by atoms with E-state index >= 15 is 0 Å². The highest BCUT2D eigenvalue weighted by Gasteiger charge is 2.18. The first-order valence-corrected chi connectivity index (χ1v) is 8.43. The molecule has 17 heavy (non-hydrogen) atoms. The summed E-state index contributed by atoms with van der Waals surface area (Å²) in [7, 11) is 2.29. The standard InChI is InChI=1S/C14H28N2S/c1-16-10-4-2-6-13(16)8-9-15-12-14-7-3-5-11-17-14/h13-15H,2-12H2,1H3. The van der Waals surface area contributed by atoms with Crippen molar-refractivity contribution in [2.45, 2.75) is 56.2 Å².